The van der Waals surface area contributed by atoms with Crippen molar-refractivity contribution in [1.29, 1.82) is 0 Å². The molecule has 1 heterocycles. The fourth-order valence-corrected chi connectivity index (χ4v) is 4.20. The van der Waals surface area contributed by atoms with Crippen molar-refractivity contribution < 1.29 is 20.1 Å². The quantitative estimate of drug-likeness (QED) is 0.437. The van der Waals surface area contributed by atoms with E-state index in [0.717, 1.165) is 31.6 Å². The Labute approximate surface area is 151 Å². The molecule has 0 spiro atoms. The van der Waals surface area contributed by atoms with Gasteiger partial charge in [0.1, 0.15) is 6.10 Å². The summed E-state index contributed by atoms with van der Waals surface area (Å²) in [4.78, 5) is 12.4. The Hall–Kier alpha value is -0.690. The SMILES string of the molecule is CCCCCC1CCC(C(=O)NC[C@H]2N[C@@H](C)[C@@H](O)[C@@H](O)[C@@H]2O)CC1. The molecule has 25 heavy (non-hydrogen) atoms. The van der Waals surface area contributed by atoms with Crippen LogP contribution < -0.4 is 10.6 Å². The van der Waals surface area contributed by atoms with Gasteiger partial charge in [-0.1, -0.05) is 32.6 Å². The third-order valence-electron chi connectivity index (χ3n) is 6.03. The zero-order valence-electron chi connectivity index (χ0n) is 15.7. The predicted octanol–water partition coefficient (Wildman–Crippen LogP) is 0.932. The number of carbonyl (C=O) groups is 1. The van der Waals surface area contributed by atoms with Crippen LogP contribution in [0.3, 0.4) is 0 Å². The highest BCUT2D eigenvalue weighted by Crippen LogP contribution is 2.32. The van der Waals surface area contributed by atoms with Crippen LogP contribution in [0.4, 0.5) is 0 Å². The zero-order chi connectivity index (χ0) is 18.4. The van der Waals surface area contributed by atoms with E-state index in [1.165, 1.54) is 25.7 Å². The van der Waals surface area contributed by atoms with Gasteiger partial charge in [0.25, 0.3) is 0 Å². The monoisotopic (exact) mass is 356 g/mol. The zero-order valence-corrected chi connectivity index (χ0v) is 15.7. The van der Waals surface area contributed by atoms with E-state index in [1.807, 2.05) is 0 Å². The summed E-state index contributed by atoms with van der Waals surface area (Å²) in [5, 5.41) is 35.7. The van der Waals surface area contributed by atoms with Crippen molar-refractivity contribution in [2.24, 2.45) is 11.8 Å². The normalized spacial score (nSPS) is 39.2. The average Bonchev–Trinajstić information content (AvgIpc) is 2.62. The summed E-state index contributed by atoms with van der Waals surface area (Å²) in [6.07, 6.45) is 6.04. The number of unbranched alkanes of at least 4 members (excludes halogenated alkanes) is 2. The molecular formula is C19H36N2O4. The minimum atomic E-state index is -1.18. The molecule has 146 valence electrons. The smallest absolute Gasteiger partial charge is 0.223 e. The second-order valence-electron chi connectivity index (χ2n) is 7.99. The number of carbonyl (C=O) groups excluding carboxylic acids is 1. The fraction of sp³-hybridized carbons (Fsp3) is 0.947. The lowest BCUT2D eigenvalue weighted by Crippen LogP contribution is -2.66. The van der Waals surface area contributed by atoms with Gasteiger partial charge in [0.2, 0.25) is 5.91 Å². The molecule has 0 unspecified atom stereocenters. The van der Waals surface area contributed by atoms with Gasteiger partial charge in [-0.25, -0.2) is 0 Å². The lowest BCUT2D eigenvalue weighted by atomic mass is 9.79. The third-order valence-corrected chi connectivity index (χ3v) is 6.03. The van der Waals surface area contributed by atoms with E-state index < -0.39 is 24.4 Å². The molecule has 5 atom stereocenters. The van der Waals surface area contributed by atoms with Crippen LogP contribution in [0.1, 0.15) is 65.2 Å². The van der Waals surface area contributed by atoms with E-state index in [0.29, 0.717) is 0 Å². The van der Waals surface area contributed by atoms with Gasteiger partial charge in [-0.2, -0.15) is 0 Å². The van der Waals surface area contributed by atoms with Crippen LogP contribution in [0.15, 0.2) is 0 Å². The summed E-state index contributed by atoms with van der Waals surface area (Å²) >= 11 is 0. The van der Waals surface area contributed by atoms with Gasteiger partial charge in [-0.3, -0.25) is 4.79 Å². The molecule has 5 N–H and O–H groups in total. The molecule has 2 rings (SSSR count). The van der Waals surface area contributed by atoms with E-state index in [1.54, 1.807) is 6.92 Å². The Morgan fingerprint density at radius 3 is 2.36 bits per heavy atom. The van der Waals surface area contributed by atoms with Crippen molar-refractivity contribution in [2.75, 3.05) is 6.54 Å². The van der Waals surface area contributed by atoms with Crippen molar-refractivity contribution in [3.05, 3.63) is 0 Å². The Morgan fingerprint density at radius 2 is 1.72 bits per heavy atom. The van der Waals surface area contributed by atoms with Gasteiger partial charge in [-0.15, -0.1) is 0 Å². The van der Waals surface area contributed by atoms with Gasteiger partial charge in [-0.05, 0) is 38.5 Å². The number of aliphatic hydroxyl groups excluding tert-OH is 3. The first-order valence-electron chi connectivity index (χ1n) is 10.0. The van der Waals surface area contributed by atoms with Gasteiger partial charge in [0, 0.05) is 18.5 Å². The average molecular weight is 357 g/mol. The van der Waals surface area contributed by atoms with Crippen LogP contribution in [0, 0.1) is 11.8 Å². The number of hydrogen-bond donors (Lipinski definition) is 5. The standard InChI is InChI=1S/C19H36N2O4/c1-3-4-5-6-13-7-9-14(10-8-13)19(25)20-11-15-17(23)18(24)16(22)12(2)21-15/h12-18,21-24H,3-11H2,1-2H3,(H,20,25)/t12-,13?,14?,15+,16+,17+,18+/m0/s1. The molecule has 0 bridgehead atoms. The van der Waals surface area contributed by atoms with Crippen molar-refractivity contribution in [1.82, 2.24) is 10.6 Å². The molecule has 0 aromatic carbocycles. The molecule has 0 aromatic heterocycles. The molecule has 0 aromatic rings. The third kappa shape index (κ3) is 5.64. The highest BCUT2D eigenvalue weighted by molar-refractivity contribution is 5.78. The van der Waals surface area contributed by atoms with Crippen LogP contribution in [-0.4, -0.2) is 58.2 Å². The summed E-state index contributed by atoms with van der Waals surface area (Å²) in [7, 11) is 0. The van der Waals surface area contributed by atoms with Gasteiger partial charge < -0.3 is 26.0 Å². The minimum absolute atomic E-state index is 0.0503. The molecule has 1 aliphatic carbocycles. The van der Waals surface area contributed by atoms with E-state index in [9.17, 15) is 20.1 Å². The first-order valence-corrected chi connectivity index (χ1v) is 10.0. The van der Waals surface area contributed by atoms with Crippen LogP contribution in [-0.2, 0) is 4.79 Å². The number of rotatable bonds is 7. The Balaban J connectivity index is 1.70. The van der Waals surface area contributed by atoms with Crippen molar-refractivity contribution >= 4 is 5.91 Å². The van der Waals surface area contributed by atoms with Gasteiger partial charge >= 0.3 is 0 Å². The Morgan fingerprint density at radius 1 is 1.04 bits per heavy atom. The molecular weight excluding hydrogens is 320 g/mol. The lowest BCUT2D eigenvalue weighted by molar-refractivity contribution is -0.128. The van der Waals surface area contributed by atoms with Crippen LogP contribution in [0.5, 0.6) is 0 Å². The maximum Gasteiger partial charge on any atom is 0.223 e. The summed E-state index contributed by atoms with van der Waals surface area (Å²) in [6, 6.07) is -0.762. The first kappa shape index (κ1) is 20.6. The molecule has 6 heteroatoms. The molecule has 1 amide bonds. The minimum Gasteiger partial charge on any atom is -0.389 e. The lowest BCUT2D eigenvalue weighted by Gasteiger charge is -2.40. The first-order chi connectivity index (χ1) is 11.9. The molecule has 1 saturated carbocycles. The fourth-order valence-electron chi connectivity index (χ4n) is 4.20. The van der Waals surface area contributed by atoms with Crippen molar-refractivity contribution in [3.63, 3.8) is 0 Å². The predicted molar refractivity (Wildman–Crippen MR) is 97.0 cm³/mol. The maximum absolute atomic E-state index is 12.4. The van der Waals surface area contributed by atoms with Crippen molar-refractivity contribution in [2.45, 2.75) is 95.6 Å². The molecule has 2 aliphatic rings. The number of amides is 1. The van der Waals surface area contributed by atoms with Crippen molar-refractivity contribution in [3.8, 4) is 0 Å². The second-order valence-corrected chi connectivity index (χ2v) is 7.99. The largest absolute Gasteiger partial charge is 0.389 e. The van der Waals surface area contributed by atoms with E-state index in [4.69, 9.17) is 0 Å². The molecule has 1 aliphatic heterocycles. The summed E-state index contributed by atoms with van der Waals surface area (Å²) < 4.78 is 0. The topological polar surface area (TPSA) is 102 Å². The number of piperidine rings is 1. The second kappa shape index (κ2) is 9.86. The number of hydrogen-bond acceptors (Lipinski definition) is 5. The number of nitrogens with one attached hydrogen (secondary N) is 2. The molecule has 6 nitrogen and oxygen atoms in total. The molecule has 2 fully saturated rings. The Bertz CT molecular complexity index is 412. The van der Waals surface area contributed by atoms with Gasteiger partial charge in [0.05, 0.1) is 18.2 Å². The summed E-state index contributed by atoms with van der Waals surface area (Å²) in [5.74, 6) is 0.889. The summed E-state index contributed by atoms with van der Waals surface area (Å²) in [5.41, 5.74) is 0. The van der Waals surface area contributed by atoms with Crippen LogP contribution in [0.25, 0.3) is 0 Å². The van der Waals surface area contributed by atoms with Crippen LogP contribution in [0.2, 0.25) is 0 Å². The maximum atomic E-state index is 12.4. The van der Waals surface area contributed by atoms with Gasteiger partial charge in [0.15, 0.2) is 0 Å². The Kier molecular flexibility index (Phi) is 8.13. The van der Waals surface area contributed by atoms with E-state index in [2.05, 4.69) is 17.6 Å². The number of aliphatic hydroxyl groups is 3. The highest BCUT2D eigenvalue weighted by Gasteiger charge is 2.40. The van der Waals surface area contributed by atoms with Crippen LogP contribution >= 0.6 is 0 Å². The highest BCUT2D eigenvalue weighted by atomic mass is 16.4. The summed E-state index contributed by atoms with van der Waals surface area (Å²) in [6.45, 7) is 4.25. The van der Waals surface area contributed by atoms with E-state index >= 15 is 0 Å². The van der Waals surface area contributed by atoms with E-state index in [-0.39, 0.29) is 24.4 Å². The molecule has 0 radical (unpaired) electrons. The molecule has 1 saturated heterocycles.